The molecule has 0 saturated carbocycles. The van der Waals surface area contributed by atoms with E-state index in [9.17, 15) is 4.79 Å². The predicted octanol–water partition coefficient (Wildman–Crippen LogP) is 4.11. The number of amides is 1. The third-order valence-corrected chi connectivity index (χ3v) is 4.62. The van der Waals surface area contributed by atoms with Crippen LogP contribution in [0.2, 0.25) is 0 Å². The fourth-order valence-electron chi connectivity index (χ4n) is 2.81. The Morgan fingerprint density at radius 2 is 2.10 bits per heavy atom. The maximum Gasteiger partial charge on any atom is 0.253 e. The van der Waals surface area contributed by atoms with Gasteiger partial charge in [-0.05, 0) is 52.9 Å². The number of nitrogens with zero attached hydrogens (tertiary/aromatic N) is 1. The number of likely N-dealkylation sites (tertiary alicyclic amines) is 1. The van der Waals surface area contributed by atoms with Crippen LogP contribution in [0.5, 0.6) is 5.75 Å². The molecule has 1 saturated heterocycles. The fourth-order valence-corrected chi connectivity index (χ4v) is 3.36. The molecule has 1 amide bonds. The van der Waals surface area contributed by atoms with Crippen LogP contribution in [0.25, 0.3) is 0 Å². The molecule has 3 nitrogen and oxygen atoms in total. The Labute approximate surface area is 129 Å². The zero-order valence-electron chi connectivity index (χ0n) is 12.2. The summed E-state index contributed by atoms with van der Waals surface area (Å²) in [6.45, 7) is 3.99. The molecule has 0 aliphatic carbocycles. The molecule has 4 heteroatoms. The first-order chi connectivity index (χ1) is 9.65. The van der Waals surface area contributed by atoms with Gasteiger partial charge < -0.3 is 9.64 Å². The van der Waals surface area contributed by atoms with Gasteiger partial charge in [-0.25, -0.2) is 0 Å². The third kappa shape index (κ3) is 3.54. The average molecular weight is 340 g/mol. The van der Waals surface area contributed by atoms with Crippen molar-refractivity contribution in [3.05, 3.63) is 28.2 Å². The van der Waals surface area contributed by atoms with E-state index in [0.717, 1.165) is 47.6 Å². The topological polar surface area (TPSA) is 29.5 Å². The molecule has 0 aromatic heterocycles. The Hall–Kier alpha value is -1.03. The van der Waals surface area contributed by atoms with Gasteiger partial charge in [0.2, 0.25) is 0 Å². The van der Waals surface area contributed by atoms with Crippen molar-refractivity contribution in [3.8, 4) is 5.75 Å². The number of hydrogen-bond acceptors (Lipinski definition) is 2. The second-order valence-electron chi connectivity index (χ2n) is 5.37. The number of rotatable bonds is 4. The summed E-state index contributed by atoms with van der Waals surface area (Å²) in [5.41, 5.74) is 0.728. The summed E-state index contributed by atoms with van der Waals surface area (Å²) in [6.07, 6.45) is 4.80. The highest BCUT2D eigenvalue weighted by atomic mass is 79.9. The highest BCUT2D eigenvalue weighted by Crippen LogP contribution is 2.27. The fraction of sp³-hybridized carbons (Fsp3) is 0.562. The summed E-state index contributed by atoms with van der Waals surface area (Å²) < 4.78 is 6.02. The van der Waals surface area contributed by atoms with Gasteiger partial charge in [0.15, 0.2) is 0 Å². The Bertz CT molecular complexity index is 468. The lowest BCUT2D eigenvalue weighted by molar-refractivity contribution is 0.0686. The Morgan fingerprint density at radius 3 is 2.65 bits per heavy atom. The van der Waals surface area contributed by atoms with Crippen LogP contribution < -0.4 is 4.74 Å². The molecule has 1 aromatic carbocycles. The first-order valence-corrected chi connectivity index (χ1v) is 8.07. The van der Waals surface area contributed by atoms with Gasteiger partial charge in [0.05, 0.1) is 11.6 Å². The van der Waals surface area contributed by atoms with Gasteiger partial charge in [-0.15, -0.1) is 0 Å². The van der Waals surface area contributed by atoms with Gasteiger partial charge in [0, 0.05) is 18.7 Å². The lowest BCUT2D eigenvalue weighted by Gasteiger charge is -2.32. The van der Waals surface area contributed by atoms with Crippen LogP contribution >= 0.6 is 15.9 Å². The standard InChI is InChI=1S/C16H22BrNO2/c1-3-4-12-7-9-18(10-8-12)16(19)13-5-6-15(20-2)14(17)11-13/h5-6,11-12H,3-4,7-10H2,1-2H3. The minimum atomic E-state index is 0.128. The summed E-state index contributed by atoms with van der Waals surface area (Å²) in [5.74, 6) is 1.68. The predicted molar refractivity (Wildman–Crippen MR) is 84.2 cm³/mol. The van der Waals surface area contributed by atoms with Crippen molar-refractivity contribution in [1.82, 2.24) is 4.90 Å². The Balaban J connectivity index is 2.00. The normalized spacial score (nSPS) is 16.2. The third-order valence-electron chi connectivity index (χ3n) is 4.00. The van der Waals surface area contributed by atoms with Crippen LogP contribution in [-0.4, -0.2) is 31.0 Å². The van der Waals surface area contributed by atoms with Gasteiger partial charge in [-0.1, -0.05) is 19.8 Å². The van der Waals surface area contributed by atoms with Crippen LogP contribution in [0.3, 0.4) is 0 Å². The zero-order valence-corrected chi connectivity index (χ0v) is 13.8. The molecule has 20 heavy (non-hydrogen) atoms. The minimum absolute atomic E-state index is 0.128. The number of ether oxygens (including phenoxy) is 1. The van der Waals surface area contributed by atoms with E-state index < -0.39 is 0 Å². The minimum Gasteiger partial charge on any atom is -0.496 e. The summed E-state index contributed by atoms with van der Waals surface area (Å²) in [7, 11) is 1.63. The lowest BCUT2D eigenvalue weighted by atomic mass is 9.92. The van der Waals surface area contributed by atoms with Crippen LogP contribution in [-0.2, 0) is 0 Å². The van der Waals surface area contributed by atoms with E-state index in [2.05, 4.69) is 22.9 Å². The molecule has 0 N–H and O–H groups in total. The molecule has 1 fully saturated rings. The highest BCUT2D eigenvalue weighted by Gasteiger charge is 2.23. The zero-order chi connectivity index (χ0) is 14.5. The average Bonchev–Trinajstić information content (AvgIpc) is 2.47. The molecule has 0 unspecified atom stereocenters. The maximum absolute atomic E-state index is 12.5. The van der Waals surface area contributed by atoms with Crippen molar-refractivity contribution in [2.24, 2.45) is 5.92 Å². The molecule has 1 aliphatic heterocycles. The van der Waals surface area contributed by atoms with Gasteiger partial charge in [0.1, 0.15) is 5.75 Å². The van der Waals surface area contributed by atoms with E-state index in [-0.39, 0.29) is 5.91 Å². The molecular weight excluding hydrogens is 318 g/mol. The summed E-state index contributed by atoms with van der Waals surface area (Å²) in [6, 6.07) is 5.52. The molecule has 2 rings (SSSR count). The summed E-state index contributed by atoms with van der Waals surface area (Å²) in [4.78, 5) is 14.5. The van der Waals surface area contributed by atoms with E-state index in [1.165, 1.54) is 12.8 Å². The van der Waals surface area contributed by atoms with E-state index in [0.29, 0.717) is 0 Å². The number of piperidine rings is 1. The number of benzene rings is 1. The van der Waals surface area contributed by atoms with Crippen molar-refractivity contribution in [2.75, 3.05) is 20.2 Å². The van der Waals surface area contributed by atoms with Crippen molar-refractivity contribution in [1.29, 1.82) is 0 Å². The van der Waals surface area contributed by atoms with E-state index >= 15 is 0 Å². The first-order valence-electron chi connectivity index (χ1n) is 7.28. The Kier molecular flexibility index (Phi) is 5.46. The SMILES string of the molecule is CCCC1CCN(C(=O)c2ccc(OC)c(Br)c2)CC1. The van der Waals surface area contributed by atoms with Crippen molar-refractivity contribution >= 4 is 21.8 Å². The molecule has 1 aromatic rings. The quantitative estimate of drug-likeness (QED) is 0.826. The number of carbonyl (C=O) groups is 1. The molecule has 1 aliphatic rings. The lowest BCUT2D eigenvalue weighted by Crippen LogP contribution is -2.38. The number of hydrogen-bond donors (Lipinski definition) is 0. The molecule has 0 atom stereocenters. The van der Waals surface area contributed by atoms with Crippen molar-refractivity contribution in [2.45, 2.75) is 32.6 Å². The van der Waals surface area contributed by atoms with Crippen molar-refractivity contribution in [3.63, 3.8) is 0 Å². The summed E-state index contributed by atoms with van der Waals surface area (Å²) in [5, 5.41) is 0. The van der Waals surface area contributed by atoms with Gasteiger partial charge in [-0.2, -0.15) is 0 Å². The Morgan fingerprint density at radius 1 is 1.40 bits per heavy atom. The smallest absolute Gasteiger partial charge is 0.253 e. The molecule has 110 valence electrons. The molecule has 0 radical (unpaired) electrons. The second-order valence-corrected chi connectivity index (χ2v) is 6.23. The van der Waals surface area contributed by atoms with Crippen LogP contribution in [0.15, 0.2) is 22.7 Å². The molecule has 1 heterocycles. The van der Waals surface area contributed by atoms with Gasteiger partial charge in [-0.3, -0.25) is 4.79 Å². The van der Waals surface area contributed by atoms with Crippen LogP contribution in [0.4, 0.5) is 0 Å². The van der Waals surface area contributed by atoms with E-state index in [1.54, 1.807) is 7.11 Å². The van der Waals surface area contributed by atoms with Gasteiger partial charge in [0.25, 0.3) is 5.91 Å². The van der Waals surface area contributed by atoms with E-state index in [1.807, 2.05) is 23.1 Å². The van der Waals surface area contributed by atoms with Gasteiger partial charge >= 0.3 is 0 Å². The maximum atomic E-state index is 12.5. The molecular formula is C16H22BrNO2. The monoisotopic (exact) mass is 339 g/mol. The number of carbonyl (C=O) groups excluding carboxylic acids is 1. The first kappa shape index (κ1) is 15.4. The van der Waals surface area contributed by atoms with Crippen LogP contribution in [0.1, 0.15) is 43.0 Å². The van der Waals surface area contributed by atoms with E-state index in [4.69, 9.17) is 4.74 Å². The number of halogens is 1. The molecule has 0 bridgehead atoms. The summed E-state index contributed by atoms with van der Waals surface area (Å²) >= 11 is 3.43. The largest absolute Gasteiger partial charge is 0.496 e. The second kappa shape index (κ2) is 7.11. The van der Waals surface area contributed by atoms with Crippen LogP contribution in [0, 0.1) is 5.92 Å². The number of methoxy groups -OCH3 is 1. The molecule has 0 spiro atoms. The van der Waals surface area contributed by atoms with Crippen molar-refractivity contribution < 1.29 is 9.53 Å². The highest BCUT2D eigenvalue weighted by molar-refractivity contribution is 9.10.